The molecule has 0 aromatic heterocycles. The number of nitrogens with zero attached hydrogens (tertiary/aromatic N) is 1. The van der Waals surface area contributed by atoms with E-state index in [-0.39, 0.29) is 18.3 Å². The average Bonchev–Trinajstić information content (AvgIpc) is 2.82. The fourth-order valence-electron chi connectivity index (χ4n) is 2.80. The van der Waals surface area contributed by atoms with Gasteiger partial charge in [-0.05, 0) is 56.4 Å². The predicted octanol–water partition coefficient (Wildman–Crippen LogP) is 3.77. The molecule has 1 saturated heterocycles. The van der Waals surface area contributed by atoms with E-state index in [0.717, 1.165) is 16.6 Å². The van der Waals surface area contributed by atoms with Crippen LogP contribution in [0.3, 0.4) is 0 Å². The molecule has 1 heterocycles. The highest BCUT2D eigenvalue weighted by Crippen LogP contribution is 2.36. The van der Waals surface area contributed by atoms with Gasteiger partial charge in [-0.15, -0.1) is 0 Å². The lowest BCUT2D eigenvalue weighted by atomic mass is 9.78. The third kappa shape index (κ3) is 3.35. The van der Waals surface area contributed by atoms with E-state index >= 15 is 0 Å². The SMILES string of the molecule is CN(C(=O)O)c1ccc(-c2ccc(B3OC(C)(C)C(C)(C)O3)cc2)cc1. The van der Waals surface area contributed by atoms with Crippen molar-refractivity contribution in [2.45, 2.75) is 38.9 Å². The maximum Gasteiger partial charge on any atom is 0.494 e. The zero-order valence-corrected chi connectivity index (χ0v) is 15.8. The van der Waals surface area contributed by atoms with Crippen LogP contribution in [0.15, 0.2) is 48.5 Å². The third-order valence-electron chi connectivity index (χ3n) is 5.31. The first-order chi connectivity index (χ1) is 12.1. The summed E-state index contributed by atoms with van der Waals surface area (Å²) in [5.41, 5.74) is 2.97. The van der Waals surface area contributed by atoms with Crippen molar-refractivity contribution in [3.05, 3.63) is 48.5 Å². The molecule has 0 spiro atoms. The molecule has 0 saturated carbocycles. The molecule has 136 valence electrons. The first-order valence-corrected chi connectivity index (χ1v) is 8.63. The summed E-state index contributed by atoms with van der Waals surface area (Å²) in [5, 5.41) is 9.03. The van der Waals surface area contributed by atoms with Gasteiger partial charge in [0.15, 0.2) is 0 Å². The highest BCUT2D eigenvalue weighted by molar-refractivity contribution is 6.62. The van der Waals surface area contributed by atoms with E-state index in [2.05, 4.69) is 0 Å². The van der Waals surface area contributed by atoms with E-state index in [1.165, 1.54) is 11.9 Å². The summed E-state index contributed by atoms with van der Waals surface area (Å²) in [5.74, 6) is 0. The fourth-order valence-corrected chi connectivity index (χ4v) is 2.80. The summed E-state index contributed by atoms with van der Waals surface area (Å²) in [7, 11) is 1.15. The molecule has 1 N–H and O–H groups in total. The Morgan fingerprint density at radius 3 is 1.73 bits per heavy atom. The van der Waals surface area contributed by atoms with E-state index in [1.807, 2.05) is 64.1 Å². The minimum Gasteiger partial charge on any atom is -0.465 e. The number of amides is 1. The monoisotopic (exact) mass is 353 g/mol. The molecule has 0 unspecified atom stereocenters. The Kier molecular flexibility index (Phi) is 4.59. The molecule has 5 nitrogen and oxygen atoms in total. The Labute approximate surface area is 154 Å². The zero-order valence-electron chi connectivity index (χ0n) is 15.8. The van der Waals surface area contributed by atoms with Crippen molar-refractivity contribution in [2.24, 2.45) is 0 Å². The highest BCUT2D eigenvalue weighted by atomic mass is 16.7. The third-order valence-corrected chi connectivity index (χ3v) is 5.31. The Balaban J connectivity index is 1.77. The van der Waals surface area contributed by atoms with Crippen molar-refractivity contribution in [3.8, 4) is 11.1 Å². The standard InChI is InChI=1S/C20H24BNO4/c1-19(2)20(3,4)26-21(25-19)16-10-6-14(7-11-16)15-8-12-17(13-9-15)22(5)18(23)24/h6-13H,1-5H3,(H,23,24). The molecule has 3 rings (SSSR count). The zero-order chi connectivity index (χ0) is 19.1. The normalized spacial score (nSPS) is 18.0. The van der Waals surface area contributed by atoms with E-state index < -0.39 is 6.09 Å². The Morgan fingerprint density at radius 2 is 1.31 bits per heavy atom. The van der Waals surface area contributed by atoms with E-state index in [9.17, 15) is 4.79 Å². The Bertz CT molecular complexity index is 784. The van der Waals surface area contributed by atoms with Crippen LogP contribution >= 0.6 is 0 Å². The Morgan fingerprint density at radius 1 is 0.885 bits per heavy atom. The van der Waals surface area contributed by atoms with Crippen LogP contribution in [0.4, 0.5) is 10.5 Å². The molecule has 6 heteroatoms. The van der Waals surface area contributed by atoms with Crippen LogP contribution in [0.1, 0.15) is 27.7 Å². The second-order valence-electron chi connectivity index (χ2n) is 7.60. The van der Waals surface area contributed by atoms with E-state index in [0.29, 0.717) is 5.69 Å². The number of hydrogen-bond acceptors (Lipinski definition) is 3. The number of hydrogen-bond donors (Lipinski definition) is 1. The summed E-state index contributed by atoms with van der Waals surface area (Å²) in [6.45, 7) is 8.16. The van der Waals surface area contributed by atoms with Crippen molar-refractivity contribution in [1.82, 2.24) is 0 Å². The van der Waals surface area contributed by atoms with Gasteiger partial charge in [0, 0.05) is 12.7 Å². The largest absolute Gasteiger partial charge is 0.494 e. The molecule has 1 aliphatic rings. The lowest BCUT2D eigenvalue weighted by Gasteiger charge is -2.32. The van der Waals surface area contributed by atoms with Crippen LogP contribution in [-0.2, 0) is 9.31 Å². The molecule has 2 aromatic carbocycles. The lowest BCUT2D eigenvalue weighted by Crippen LogP contribution is -2.41. The predicted molar refractivity (Wildman–Crippen MR) is 104 cm³/mol. The van der Waals surface area contributed by atoms with Gasteiger partial charge >= 0.3 is 13.2 Å². The van der Waals surface area contributed by atoms with Gasteiger partial charge in [-0.1, -0.05) is 36.4 Å². The first-order valence-electron chi connectivity index (χ1n) is 8.63. The molecular weight excluding hydrogens is 329 g/mol. The van der Waals surface area contributed by atoms with Gasteiger partial charge in [0.25, 0.3) is 0 Å². The van der Waals surface area contributed by atoms with Gasteiger partial charge in [-0.25, -0.2) is 4.79 Å². The van der Waals surface area contributed by atoms with Gasteiger partial charge in [-0.3, -0.25) is 4.90 Å². The van der Waals surface area contributed by atoms with Crippen molar-refractivity contribution in [1.29, 1.82) is 0 Å². The molecule has 0 aliphatic carbocycles. The topological polar surface area (TPSA) is 59.0 Å². The van der Waals surface area contributed by atoms with Gasteiger partial charge in [-0.2, -0.15) is 0 Å². The molecule has 26 heavy (non-hydrogen) atoms. The van der Waals surface area contributed by atoms with Crippen molar-refractivity contribution in [3.63, 3.8) is 0 Å². The second-order valence-corrected chi connectivity index (χ2v) is 7.60. The van der Waals surface area contributed by atoms with Crippen LogP contribution in [0, 0.1) is 0 Å². The van der Waals surface area contributed by atoms with Crippen LogP contribution in [0.5, 0.6) is 0 Å². The number of benzene rings is 2. The molecule has 1 aliphatic heterocycles. The molecule has 0 bridgehead atoms. The maximum atomic E-state index is 11.0. The molecule has 0 atom stereocenters. The fraction of sp³-hybridized carbons (Fsp3) is 0.350. The quantitative estimate of drug-likeness (QED) is 0.854. The van der Waals surface area contributed by atoms with Gasteiger partial charge in [0.1, 0.15) is 0 Å². The first kappa shape index (κ1) is 18.5. The number of anilines is 1. The van der Waals surface area contributed by atoms with Crippen molar-refractivity contribution < 1.29 is 19.2 Å². The summed E-state index contributed by atoms with van der Waals surface area (Å²) in [6.07, 6.45) is -0.982. The number of rotatable bonds is 3. The molecule has 1 amide bonds. The van der Waals surface area contributed by atoms with Crippen LogP contribution in [0.25, 0.3) is 11.1 Å². The second kappa shape index (κ2) is 6.45. The van der Waals surface area contributed by atoms with Crippen LogP contribution in [0.2, 0.25) is 0 Å². The molecule has 2 aromatic rings. The van der Waals surface area contributed by atoms with Crippen molar-refractivity contribution in [2.75, 3.05) is 11.9 Å². The minimum atomic E-state index is -0.982. The van der Waals surface area contributed by atoms with Crippen LogP contribution < -0.4 is 10.4 Å². The summed E-state index contributed by atoms with van der Waals surface area (Å²) in [4.78, 5) is 12.2. The van der Waals surface area contributed by atoms with E-state index in [1.54, 1.807) is 12.1 Å². The number of carboxylic acid groups (broad SMARTS) is 1. The maximum absolute atomic E-state index is 11.0. The summed E-state index contributed by atoms with van der Waals surface area (Å²) in [6, 6.07) is 15.5. The van der Waals surface area contributed by atoms with Gasteiger partial charge in [0.2, 0.25) is 0 Å². The number of carbonyl (C=O) groups is 1. The molecule has 0 radical (unpaired) electrons. The highest BCUT2D eigenvalue weighted by Gasteiger charge is 2.51. The van der Waals surface area contributed by atoms with Crippen molar-refractivity contribution >= 4 is 24.4 Å². The van der Waals surface area contributed by atoms with Gasteiger partial charge in [0.05, 0.1) is 11.2 Å². The average molecular weight is 353 g/mol. The summed E-state index contributed by atoms with van der Waals surface area (Å²) >= 11 is 0. The minimum absolute atomic E-state index is 0.359. The Hall–Kier alpha value is -2.31. The van der Waals surface area contributed by atoms with E-state index in [4.69, 9.17) is 14.4 Å². The summed E-state index contributed by atoms with van der Waals surface area (Å²) < 4.78 is 12.2. The molecular formula is C20H24BNO4. The lowest BCUT2D eigenvalue weighted by molar-refractivity contribution is 0.00578. The smallest absolute Gasteiger partial charge is 0.465 e. The van der Waals surface area contributed by atoms with Crippen LogP contribution in [-0.4, -0.2) is 36.6 Å². The van der Waals surface area contributed by atoms with Gasteiger partial charge < -0.3 is 14.4 Å². The molecule has 1 fully saturated rings.